The number of alkyl halides is 3. The van der Waals surface area contributed by atoms with Gasteiger partial charge in [0, 0.05) is 12.5 Å². The monoisotopic (exact) mass is 324 g/mol. The molecule has 1 heterocycles. The predicted molar refractivity (Wildman–Crippen MR) is 75.0 cm³/mol. The Hall–Kier alpha value is -1.51. The van der Waals surface area contributed by atoms with Crippen LogP contribution in [0, 0.1) is 5.92 Å². The van der Waals surface area contributed by atoms with Crippen LogP contribution in [0.2, 0.25) is 0 Å². The number of rotatable bonds is 7. The molecule has 0 saturated carbocycles. The van der Waals surface area contributed by atoms with E-state index in [1.807, 2.05) is 0 Å². The molecule has 3 amide bonds. The Morgan fingerprint density at radius 3 is 2.32 bits per heavy atom. The lowest BCUT2D eigenvalue weighted by atomic mass is 9.96. The van der Waals surface area contributed by atoms with Crippen molar-refractivity contribution in [2.45, 2.75) is 31.9 Å². The van der Waals surface area contributed by atoms with Gasteiger partial charge in [-0.05, 0) is 45.3 Å². The minimum atomic E-state index is -4.39. The van der Waals surface area contributed by atoms with Crippen molar-refractivity contribution in [3.63, 3.8) is 0 Å². The molecule has 1 aliphatic rings. The lowest BCUT2D eigenvalue weighted by Gasteiger charge is -2.30. The summed E-state index contributed by atoms with van der Waals surface area (Å²) in [7, 11) is 0. The third kappa shape index (κ3) is 8.06. The molecule has 128 valence electrons. The number of hydrogen-bond acceptors (Lipinski definition) is 3. The van der Waals surface area contributed by atoms with E-state index in [4.69, 9.17) is 5.73 Å². The molecule has 6 nitrogen and oxygen atoms in total. The normalized spacial score (nSPS) is 17.2. The number of amides is 3. The van der Waals surface area contributed by atoms with Crippen LogP contribution in [0.15, 0.2) is 0 Å². The standard InChI is InChI=1S/C13H23F3N4O2/c14-13(15,16)9-19-12(22)18-5-1-2-6-20-7-3-10(4-8-20)11(17)21/h10H,1-9H2,(H2,17,21)(H2,18,19,22). The average molecular weight is 324 g/mol. The molecule has 1 aliphatic heterocycles. The van der Waals surface area contributed by atoms with Crippen LogP contribution in [0.5, 0.6) is 0 Å². The molecule has 4 N–H and O–H groups in total. The Morgan fingerprint density at radius 2 is 1.77 bits per heavy atom. The van der Waals surface area contributed by atoms with Gasteiger partial charge in [-0.3, -0.25) is 4.79 Å². The van der Waals surface area contributed by atoms with Crippen LogP contribution in [-0.4, -0.2) is 55.7 Å². The first kappa shape index (κ1) is 18.5. The fourth-order valence-corrected chi connectivity index (χ4v) is 2.35. The highest BCUT2D eigenvalue weighted by molar-refractivity contribution is 5.76. The molecule has 1 fully saturated rings. The second kappa shape index (κ2) is 8.82. The molecule has 1 saturated heterocycles. The van der Waals surface area contributed by atoms with Gasteiger partial charge < -0.3 is 21.3 Å². The quantitative estimate of drug-likeness (QED) is 0.606. The Labute approximate surface area is 127 Å². The molecule has 0 aromatic rings. The number of nitrogens with zero attached hydrogens (tertiary/aromatic N) is 1. The number of halogens is 3. The molecule has 0 aromatic heterocycles. The first-order chi connectivity index (χ1) is 10.3. The molecule has 0 radical (unpaired) electrons. The van der Waals surface area contributed by atoms with Crippen molar-refractivity contribution in [2.24, 2.45) is 11.7 Å². The van der Waals surface area contributed by atoms with E-state index in [2.05, 4.69) is 10.2 Å². The van der Waals surface area contributed by atoms with Gasteiger partial charge in [0.15, 0.2) is 0 Å². The maximum atomic E-state index is 11.9. The highest BCUT2D eigenvalue weighted by Crippen LogP contribution is 2.16. The van der Waals surface area contributed by atoms with Crippen LogP contribution in [0.3, 0.4) is 0 Å². The van der Waals surface area contributed by atoms with Gasteiger partial charge >= 0.3 is 12.2 Å². The molecule has 0 bridgehead atoms. The molecule has 0 spiro atoms. The van der Waals surface area contributed by atoms with Gasteiger partial charge in [-0.25, -0.2) is 4.79 Å². The highest BCUT2D eigenvalue weighted by atomic mass is 19.4. The van der Waals surface area contributed by atoms with E-state index in [1.165, 1.54) is 0 Å². The second-order valence-corrected chi connectivity index (χ2v) is 5.45. The van der Waals surface area contributed by atoms with Crippen molar-refractivity contribution < 1.29 is 22.8 Å². The Morgan fingerprint density at radius 1 is 1.14 bits per heavy atom. The van der Waals surface area contributed by atoms with E-state index < -0.39 is 18.8 Å². The average Bonchev–Trinajstić information content (AvgIpc) is 2.44. The molecule has 0 aromatic carbocycles. The summed E-state index contributed by atoms with van der Waals surface area (Å²) in [5.41, 5.74) is 5.26. The van der Waals surface area contributed by atoms with Crippen molar-refractivity contribution in [1.29, 1.82) is 0 Å². The minimum Gasteiger partial charge on any atom is -0.369 e. The topological polar surface area (TPSA) is 87.5 Å². The fourth-order valence-electron chi connectivity index (χ4n) is 2.35. The molecular formula is C13H23F3N4O2. The fraction of sp³-hybridized carbons (Fsp3) is 0.846. The van der Waals surface area contributed by atoms with E-state index in [0.29, 0.717) is 13.0 Å². The zero-order chi connectivity index (χ0) is 16.6. The largest absolute Gasteiger partial charge is 0.405 e. The number of hydrogen-bond donors (Lipinski definition) is 3. The lowest BCUT2D eigenvalue weighted by molar-refractivity contribution is -0.123. The Balaban J connectivity index is 2.00. The summed E-state index contributed by atoms with van der Waals surface area (Å²) >= 11 is 0. The smallest absolute Gasteiger partial charge is 0.369 e. The molecule has 0 aliphatic carbocycles. The molecule has 1 rings (SSSR count). The summed E-state index contributed by atoms with van der Waals surface area (Å²) in [5, 5.41) is 4.13. The minimum absolute atomic E-state index is 0.0322. The molecular weight excluding hydrogens is 301 g/mol. The van der Waals surface area contributed by atoms with Gasteiger partial charge in [0.25, 0.3) is 0 Å². The van der Waals surface area contributed by atoms with Crippen molar-refractivity contribution in [2.75, 3.05) is 32.7 Å². The first-order valence-electron chi connectivity index (χ1n) is 7.38. The summed E-state index contributed by atoms with van der Waals surface area (Å²) in [4.78, 5) is 24.3. The molecule has 0 atom stereocenters. The van der Waals surface area contributed by atoms with E-state index in [-0.39, 0.29) is 11.8 Å². The summed E-state index contributed by atoms with van der Waals surface area (Å²) in [6.45, 7) is 1.51. The van der Waals surface area contributed by atoms with Crippen LogP contribution in [0.4, 0.5) is 18.0 Å². The van der Waals surface area contributed by atoms with Crippen molar-refractivity contribution in [3.05, 3.63) is 0 Å². The summed E-state index contributed by atoms with van der Waals surface area (Å²) < 4.78 is 35.6. The Bertz CT molecular complexity index is 369. The number of piperidine rings is 1. The molecule has 22 heavy (non-hydrogen) atoms. The van der Waals surface area contributed by atoms with E-state index in [0.717, 1.165) is 38.9 Å². The predicted octanol–water partition coefficient (Wildman–Crippen LogP) is 0.825. The Kier molecular flexibility index (Phi) is 7.43. The van der Waals surface area contributed by atoms with Crippen LogP contribution in [-0.2, 0) is 4.79 Å². The summed E-state index contributed by atoms with van der Waals surface area (Å²) in [6.07, 6.45) is -1.33. The van der Waals surface area contributed by atoms with Crippen LogP contribution in [0.1, 0.15) is 25.7 Å². The lowest BCUT2D eigenvalue weighted by Crippen LogP contribution is -2.41. The molecule has 9 heteroatoms. The number of unbranched alkanes of at least 4 members (excludes halogenated alkanes) is 1. The van der Waals surface area contributed by atoms with E-state index >= 15 is 0 Å². The van der Waals surface area contributed by atoms with Gasteiger partial charge in [0.2, 0.25) is 5.91 Å². The van der Waals surface area contributed by atoms with Crippen molar-refractivity contribution in [1.82, 2.24) is 15.5 Å². The first-order valence-corrected chi connectivity index (χ1v) is 7.38. The number of nitrogens with two attached hydrogens (primary N) is 1. The van der Waals surface area contributed by atoms with E-state index in [1.54, 1.807) is 5.32 Å². The van der Waals surface area contributed by atoms with Crippen LogP contribution in [0.25, 0.3) is 0 Å². The summed E-state index contributed by atoms with van der Waals surface area (Å²) in [6, 6.07) is -0.806. The number of carbonyl (C=O) groups excluding carboxylic acids is 2. The maximum absolute atomic E-state index is 11.9. The zero-order valence-corrected chi connectivity index (χ0v) is 12.4. The summed E-state index contributed by atoms with van der Waals surface area (Å²) in [5.74, 6) is -0.274. The number of carbonyl (C=O) groups is 2. The van der Waals surface area contributed by atoms with Gasteiger partial charge in [0.1, 0.15) is 6.54 Å². The van der Waals surface area contributed by atoms with Gasteiger partial charge in [0.05, 0.1) is 0 Å². The van der Waals surface area contributed by atoms with Gasteiger partial charge in [-0.1, -0.05) is 0 Å². The number of urea groups is 1. The molecule has 0 unspecified atom stereocenters. The van der Waals surface area contributed by atoms with Crippen LogP contribution >= 0.6 is 0 Å². The maximum Gasteiger partial charge on any atom is 0.405 e. The van der Waals surface area contributed by atoms with Gasteiger partial charge in [-0.2, -0.15) is 13.2 Å². The SMILES string of the molecule is NC(=O)C1CCN(CCCCNC(=O)NCC(F)(F)F)CC1. The van der Waals surface area contributed by atoms with Crippen molar-refractivity contribution in [3.8, 4) is 0 Å². The third-order valence-electron chi connectivity index (χ3n) is 3.63. The third-order valence-corrected chi connectivity index (χ3v) is 3.63. The highest BCUT2D eigenvalue weighted by Gasteiger charge is 2.27. The van der Waals surface area contributed by atoms with Crippen molar-refractivity contribution >= 4 is 11.9 Å². The van der Waals surface area contributed by atoms with E-state index in [9.17, 15) is 22.8 Å². The number of primary amides is 1. The number of likely N-dealkylation sites (tertiary alicyclic amines) is 1. The van der Waals surface area contributed by atoms with Gasteiger partial charge in [-0.15, -0.1) is 0 Å². The second-order valence-electron chi connectivity index (χ2n) is 5.45. The zero-order valence-electron chi connectivity index (χ0n) is 12.4. The van der Waals surface area contributed by atoms with Crippen LogP contribution < -0.4 is 16.4 Å². The number of nitrogens with one attached hydrogen (secondary N) is 2.